The lowest BCUT2D eigenvalue weighted by molar-refractivity contribution is 0.0955. The second kappa shape index (κ2) is 7.09. The molecule has 0 fully saturated rings. The average Bonchev–Trinajstić information content (AvgIpc) is 2.85. The number of hydrogen-bond donors (Lipinski definition) is 2. The van der Waals surface area contributed by atoms with Crippen molar-refractivity contribution in [3.8, 4) is 0 Å². The summed E-state index contributed by atoms with van der Waals surface area (Å²) >= 11 is 3.27. The molecule has 2 rings (SSSR count). The molecule has 20 heavy (non-hydrogen) atoms. The second-order valence-electron chi connectivity index (χ2n) is 4.17. The first-order valence-electron chi connectivity index (χ1n) is 6.41. The summed E-state index contributed by atoms with van der Waals surface area (Å²) in [7, 11) is 0. The third kappa shape index (κ3) is 4.09. The molecule has 6 heteroatoms. The molecule has 106 valence electrons. The van der Waals surface area contributed by atoms with Gasteiger partial charge in [-0.3, -0.25) is 4.79 Å². The molecule has 0 spiro atoms. The van der Waals surface area contributed by atoms with Crippen LogP contribution in [-0.2, 0) is 6.42 Å². The van der Waals surface area contributed by atoms with Gasteiger partial charge in [0.2, 0.25) is 0 Å². The average molecular weight is 338 g/mol. The van der Waals surface area contributed by atoms with Crippen molar-refractivity contribution >= 4 is 27.7 Å². The molecule has 2 aromatic heterocycles. The summed E-state index contributed by atoms with van der Waals surface area (Å²) in [6.07, 6.45) is 2.34. The largest absolute Gasteiger partial charge is 0.454 e. The summed E-state index contributed by atoms with van der Waals surface area (Å²) in [6, 6.07) is 7.35. The van der Waals surface area contributed by atoms with Crippen molar-refractivity contribution in [2.75, 3.05) is 18.4 Å². The van der Waals surface area contributed by atoms with Gasteiger partial charge in [-0.15, -0.1) is 0 Å². The third-order valence-corrected chi connectivity index (χ3v) is 3.10. The molecule has 2 heterocycles. The molecule has 2 aromatic rings. The fraction of sp³-hybridized carbons (Fsp3) is 0.286. The van der Waals surface area contributed by atoms with Gasteiger partial charge in [0.15, 0.2) is 4.67 Å². The van der Waals surface area contributed by atoms with E-state index in [1.54, 1.807) is 18.3 Å². The number of furan rings is 1. The summed E-state index contributed by atoms with van der Waals surface area (Å²) < 4.78 is 6.14. The molecule has 0 bridgehead atoms. The van der Waals surface area contributed by atoms with E-state index in [1.807, 2.05) is 19.1 Å². The molecule has 0 saturated heterocycles. The highest BCUT2D eigenvalue weighted by Gasteiger charge is 2.04. The van der Waals surface area contributed by atoms with E-state index in [9.17, 15) is 4.79 Å². The van der Waals surface area contributed by atoms with E-state index in [0.717, 1.165) is 22.7 Å². The maximum atomic E-state index is 11.6. The van der Waals surface area contributed by atoms with Crippen LogP contribution in [0, 0.1) is 0 Å². The van der Waals surface area contributed by atoms with Crippen molar-refractivity contribution in [2.45, 2.75) is 13.3 Å². The topological polar surface area (TPSA) is 67.2 Å². The highest BCUT2D eigenvalue weighted by atomic mass is 79.9. The van der Waals surface area contributed by atoms with Gasteiger partial charge in [-0.25, -0.2) is 4.98 Å². The molecule has 1 amide bonds. The van der Waals surface area contributed by atoms with E-state index in [1.165, 1.54) is 0 Å². The van der Waals surface area contributed by atoms with Crippen LogP contribution in [0.2, 0.25) is 0 Å². The second-order valence-corrected chi connectivity index (χ2v) is 4.96. The molecule has 0 saturated carbocycles. The van der Waals surface area contributed by atoms with Gasteiger partial charge < -0.3 is 15.1 Å². The number of pyridine rings is 1. The molecule has 0 aliphatic carbocycles. The minimum atomic E-state index is -0.105. The standard InChI is InChI=1S/C14H16BrN3O2/c1-2-16-14(19)10-3-6-13(18-9-10)17-8-7-11-4-5-12(15)20-11/h3-6,9H,2,7-8H2,1H3,(H,16,19)(H,17,18). The number of anilines is 1. The van der Waals surface area contributed by atoms with Gasteiger partial charge >= 0.3 is 0 Å². The zero-order valence-corrected chi connectivity index (χ0v) is 12.7. The number of nitrogens with zero attached hydrogens (tertiary/aromatic N) is 1. The van der Waals surface area contributed by atoms with Gasteiger partial charge in [0.1, 0.15) is 11.6 Å². The summed E-state index contributed by atoms with van der Waals surface area (Å²) in [4.78, 5) is 15.8. The Labute approximate surface area is 125 Å². The third-order valence-electron chi connectivity index (χ3n) is 2.67. The Morgan fingerprint density at radius 3 is 2.80 bits per heavy atom. The van der Waals surface area contributed by atoms with Crippen molar-refractivity contribution in [3.05, 3.63) is 46.5 Å². The fourth-order valence-corrected chi connectivity index (χ4v) is 2.04. The Morgan fingerprint density at radius 2 is 2.20 bits per heavy atom. The molecule has 0 radical (unpaired) electrons. The highest BCUT2D eigenvalue weighted by molar-refractivity contribution is 9.10. The van der Waals surface area contributed by atoms with Gasteiger partial charge in [-0.1, -0.05) is 0 Å². The maximum absolute atomic E-state index is 11.6. The molecule has 0 aromatic carbocycles. The van der Waals surface area contributed by atoms with Crippen LogP contribution in [-0.4, -0.2) is 24.0 Å². The predicted molar refractivity (Wildman–Crippen MR) is 80.8 cm³/mol. The van der Waals surface area contributed by atoms with Gasteiger partial charge in [-0.2, -0.15) is 0 Å². The van der Waals surface area contributed by atoms with Crippen LogP contribution in [0.25, 0.3) is 0 Å². The minimum Gasteiger partial charge on any atom is -0.454 e. The van der Waals surface area contributed by atoms with E-state index < -0.39 is 0 Å². The molecule has 0 aliphatic rings. The van der Waals surface area contributed by atoms with Crippen molar-refractivity contribution in [2.24, 2.45) is 0 Å². The Hall–Kier alpha value is -1.82. The Kier molecular flexibility index (Phi) is 5.17. The Morgan fingerprint density at radius 1 is 1.35 bits per heavy atom. The van der Waals surface area contributed by atoms with Crippen LogP contribution < -0.4 is 10.6 Å². The number of carbonyl (C=O) groups excluding carboxylic acids is 1. The van der Waals surface area contributed by atoms with Gasteiger partial charge in [0, 0.05) is 25.7 Å². The van der Waals surface area contributed by atoms with Crippen LogP contribution >= 0.6 is 15.9 Å². The highest BCUT2D eigenvalue weighted by Crippen LogP contribution is 2.14. The first-order chi connectivity index (χ1) is 9.69. The molecule has 0 unspecified atom stereocenters. The summed E-state index contributed by atoms with van der Waals surface area (Å²) in [5.74, 6) is 1.54. The number of carbonyl (C=O) groups is 1. The zero-order valence-electron chi connectivity index (χ0n) is 11.1. The first kappa shape index (κ1) is 14.6. The molecule has 0 atom stereocenters. The van der Waals surface area contributed by atoms with Crippen LogP contribution in [0.3, 0.4) is 0 Å². The van der Waals surface area contributed by atoms with Gasteiger partial charge in [0.05, 0.1) is 5.56 Å². The number of halogens is 1. The van der Waals surface area contributed by atoms with E-state index >= 15 is 0 Å². The lowest BCUT2D eigenvalue weighted by atomic mass is 10.2. The van der Waals surface area contributed by atoms with Crippen molar-refractivity contribution < 1.29 is 9.21 Å². The zero-order chi connectivity index (χ0) is 14.4. The van der Waals surface area contributed by atoms with Crippen LogP contribution in [0.5, 0.6) is 0 Å². The number of hydrogen-bond acceptors (Lipinski definition) is 4. The van der Waals surface area contributed by atoms with Crippen molar-refractivity contribution in [1.82, 2.24) is 10.3 Å². The number of nitrogens with one attached hydrogen (secondary N) is 2. The number of amides is 1. The van der Waals surface area contributed by atoms with E-state index in [-0.39, 0.29) is 5.91 Å². The molecule has 2 N–H and O–H groups in total. The Bertz CT molecular complexity index is 566. The quantitative estimate of drug-likeness (QED) is 0.850. The van der Waals surface area contributed by atoms with E-state index in [2.05, 4.69) is 31.5 Å². The fourth-order valence-electron chi connectivity index (χ4n) is 1.70. The summed E-state index contributed by atoms with van der Waals surface area (Å²) in [5.41, 5.74) is 0.562. The van der Waals surface area contributed by atoms with Crippen LogP contribution in [0.4, 0.5) is 5.82 Å². The molecular formula is C14H16BrN3O2. The van der Waals surface area contributed by atoms with Crippen molar-refractivity contribution in [1.29, 1.82) is 0 Å². The summed E-state index contributed by atoms with van der Waals surface area (Å²) in [6.45, 7) is 3.21. The normalized spacial score (nSPS) is 10.3. The molecular weight excluding hydrogens is 322 g/mol. The molecule has 5 nitrogen and oxygen atoms in total. The minimum absolute atomic E-state index is 0.105. The monoisotopic (exact) mass is 337 g/mol. The number of aromatic nitrogens is 1. The number of rotatable bonds is 6. The summed E-state index contributed by atoms with van der Waals surface area (Å²) in [5, 5.41) is 5.91. The van der Waals surface area contributed by atoms with Gasteiger partial charge in [0.25, 0.3) is 5.91 Å². The maximum Gasteiger partial charge on any atom is 0.252 e. The predicted octanol–water partition coefficient (Wildman–Crippen LogP) is 2.84. The first-order valence-corrected chi connectivity index (χ1v) is 7.20. The SMILES string of the molecule is CCNC(=O)c1ccc(NCCc2ccc(Br)o2)nc1. The van der Waals surface area contributed by atoms with Crippen molar-refractivity contribution in [3.63, 3.8) is 0 Å². The smallest absolute Gasteiger partial charge is 0.252 e. The van der Waals surface area contributed by atoms with E-state index in [4.69, 9.17) is 4.42 Å². The lowest BCUT2D eigenvalue weighted by Crippen LogP contribution is -2.22. The van der Waals surface area contributed by atoms with E-state index in [0.29, 0.717) is 18.7 Å². The van der Waals surface area contributed by atoms with Crippen LogP contribution in [0.1, 0.15) is 23.0 Å². The van der Waals surface area contributed by atoms with Crippen LogP contribution in [0.15, 0.2) is 39.5 Å². The lowest BCUT2D eigenvalue weighted by Gasteiger charge is -2.05. The molecule has 0 aliphatic heterocycles. The van der Waals surface area contributed by atoms with Gasteiger partial charge in [-0.05, 0) is 47.1 Å². The Balaban J connectivity index is 1.83.